The van der Waals surface area contributed by atoms with Crippen LogP contribution >= 0.6 is 0 Å². The summed E-state index contributed by atoms with van der Waals surface area (Å²) in [6.07, 6.45) is 5.32. The summed E-state index contributed by atoms with van der Waals surface area (Å²) in [5, 5.41) is 3.01. The minimum absolute atomic E-state index is 0.0200. The standard InChI is InChI=1S/C32H30N4O3/c1-22(37)23-9-11-24(12-10-23)26-13-15-30-35-32(25-6-5-8-28(20-25)39-2)29(36(30)21-26)14-16-31(38)34-19-17-27-7-3-4-18-33-27/h3-13,15,18,20-21H,14,16-17,19H2,1-2H3,(H,34,38). The number of ether oxygens (including phenoxy) is 1. The van der Waals surface area contributed by atoms with E-state index >= 15 is 0 Å². The Morgan fingerprint density at radius 3 is 2.46 bits per heavy atom. The number of benzene rings is 2. The van der Waals surface area contributed by atoms with Gasteiger partial charge in [0, 0.05) is 48.6 Å². The highest BCUT2D eigenvalue weighted by Gasteiger charge is 2.17. The van der Waals surface area contributed by atoms with Crippen LogP contribution in [0, 0.1) is 0 Å². The SMILES string of the molecule is COc1cccc(-c2nc3ccc(-c4ccc(C(C)=O)cc4)cn3c2CCC(=O)NCCc2ccccn2)c1. The van der Waals surface area contributed by atoms with E-state index in [1.807, 2.05) is 85.1 Å². The molecule has 5 aromatic rings. The van der Waals surface area contributed by atoms with Crippen LogP contribution in [0.4, 0.5) is 0 Å². The molecule has 0 atom stereocenters. The minimum Gasteiger partial charge on any atom is -0.497 e. The van der Waals surface area contributed by atoms with Crippen LogP contribution in [0.5, 0.6) is 5.75 Å². The zero-order valence-corrected chi connectivity index (χ0v) is 22.1. The molecule has 0 fully saturated rings. The lowest BCUT2D eigenvalue weighted by Crippen LogP contribution is -2.26. The van der Waals surface area contributed by atoms with Crippen LogP contribution in [0.1, 0.15) is 35.1 Å². The Kier molecular flexibility index (Phi) is 7.78. The number of amides is 1. The van der Waals surface area contributed by atoms with Crippen molar-refractivity contribution < 1.29 is 14.3 Å². The van der Waals surface area contributed by atoms with Crippen LogP contribution in [-0.4, -0.2) is 39.7 Å². The van der Waals surface area contributed by atoms with Crippen molar-refractivity contribution in [3.8, 4) is 28.1 Å². The van der Waals surface area contributed by atoms with E-state index < -0.39 is 0 Å². The van der Waals surface area contributed by atoms with Crippen LogP contribution in [0.3, 0.4) is 0 Å². The fourth-order valence-corrected chi connectivity index (χ4v) is 4.60. The van der Waals surface area contributed by atoms with Crippen molar-refractivity contribution in [2.24, 2.45) is 0 Å². The van der Waals surface area contributed by atoms with Crippen LogP contribution < -0.4 is 10.1 Å². The van der Waals surface area contributed by atoms with Crippen molar-refractivity contribution >= 4 is 17.3 Å². The van der Waals surface area contributed by atoms with Crippen LogP contribution in [0.15, 0.2) is 91.3 Å². The number of methoxy groups -OCH3 is 1. The third-order valence-electron chi connectivity index (χ3n) is 6.70. The first-order chi connectivity index (χ1) is 19.0. The zero-order chi connectivity index (χ0) is 27.2. The third-order valence-corrected chi connectivity index (χ3v) is 6.70. The number of imidazole rings is 1. The van der Waals surface area contributed by atoms with E-state index in [4.69, 9.17) is 9.72 Å². The Bertz CT molecular complexity index is 1610. The van der Waals surface area contributed by atoms with Crippen LogP contribution in [-0.2, 0) is 17.6 Å². The summed E-state index contributed by atoms with van der Waals surface area (Å²) in [5.74, 6) is 0.762. The molecule has 39 heavy (non-hydrogen) atoms. The number of carbonyl (C=O) groups is 2. The van der Waals surface area contributed by atoms with Gasteiger partial charge >= 0.3 is 0 Å². The Morgan fingerprint density at radius 1 is 0.897 bits per heavy atom. The second kappa shape index (κ2) is 11.7. The lowest BCUT2D eigenvalue weighted by atomic mass is 10.0. The predicted octanol–water partition coefficient (Wildman–Crippen LogP) is 5.57. The molecule has 0 bridgehead atoms. The van der Waals surface area contributed by atoms with E-state index in [1.165, 1.54) is 0 Å². The van der Waals surface area contributed by atoms with E-state index in [0.717, 1.165) is 45.2 Å². The summed E-state index contributed by atoms with van der Waals surface area (Å²) in [7, 11) is 1.64. The molecule has 0 radical (unpaired) electrons. The molecule has 196 valence electrons. The first kappa shape index (κ1) is 25.9. The van der Waals surface area contributed by atoms with E-state index in [0.29, 0.717) is 31.4 Å². The predicted molar refractivity (Wildman–Crippen MR) is 152 cm³/mol. The highest BCUT2D eigenvalue weighted by molar-refractivity contribution is 5.94. The number of carbonyl (C=O) groups excluding carboxylic acids is 2. The molecule has 0 aliphatic heterocycles. The average molecular weight is 519 g/mol. The maximum absolute atomic E-state index is 12.8. The molecule has 7 nitrogen and oxygen atoms in total. The van der Waals surface area contributed by atoms with Gasteiger partial charge in [-0.2, -0.15) is 0 Å². The van der Waals surface area contributed by atoms with E-state index in [9.17, 15) is 9.59 Å². The monoisotopic (exact) mass is 518 g/mol. The maximum Gasteiger partial charge on any atom is 0.220 e. The molecule has 0 saturated carbocycles. The third kappa shape index (κ3) is 6.04. The second-order valence-electron chi connectivity index (χ2n) is 9.34. The van der Waals surface area contributed by atoms with Gasteiger partial charge in [-0.1, -0.05) is 42.5 Å². The van der Waals surface area contributed by atoms with Gasteiger partial charge in [-0.25, -0.2) is 4.98 Å². The molecule has 0 saturated heterocycles. The van der Waals surface area contributed by atoms with Gasteiger partial charge in [0.2, 0.25) is 5.91 Å². The first-order valence-electron chi connectivity index (χ1n) is 13.0. The van der Waals surface area contributed by atoms with Gasteiger partial charge in [-0.15, -0.1) is 0 Å². The van der Waals surface area contributed by atoms with Gasteiger partial charge in [-0.3, -0.25) is 14.6 Å². The molecule has 7 heteroatoms. The summed E-state index contributed by atoms with van der Waals surface area (Å²) < 4.78 is 7.50. The Balaban J connectivity index is 1.43. The fourth-order valence-electron chi connectivity index (χ4n) is 4.60. The number of hydrogen-bond acceptors (Lipinski definition) is 5. The molecule has 0 unspecified atom stereocenters. The smallest absolute Gasteiger partial charge is 0.220 e. The lowest BCUT2D eigenvalue weighted by molar-refractivity contribution is -0.121. The minimum atomic E-state index is -0.0200. The largest absolute Gasteiger partial charge is 0.497 e. The highest BCUT2D eigenvalue weighted by atomic mass is 16.5. The van der Waals surface area contributed by atoms with Gasteiger partial charge in [-0.05, 0) is 60.9 Å². The number of hydrogen-bond donors (Lipinski definition) is 1. The van der Waals surface area contributed by atoms with Crippen molar-refractivity contribution in [1.29, 1.82) is 0 Å². The molecule has 0 aliphatic carbocycles. The molecular weight excluding hydrogens is 488 g/mol. The van der Waals surface area contributed by atoms with Gasteiger partial charge < -0.3 is 14.5 Å². The molecule has 3 aromatic heterocycles. The Morgan fingerprint density at radius 2 is 1.72 bits per heavy atom. The number of aromatic nitrogens is 3. The summed E-state index contributed by atoms with van der Waals surface area (Å²) in [6.45, 7) is 2.10. The number of ketones is 1. The van der Waals surface area contributed by atoms with Gasteiger partial charge in [0.05, 0.1) is 18.5 Å². The summed E-state index contributed by atoms with van der Waals surface area (Å²) in [6, 6.07) is 25.2. The molecule has 1 amide bonds. The first-order valence-corrected chi connectivity index (χ1v) is 13.0. The number of rotatable bonds is 10. The normalized spacial score (nSPS) is 10.9. The van der Waals surface area contributed by atoms with Crippen molar-refractivity contribution in [3.63, 3.8) is 0 Å². The Labute approximate surface area is 227 Å². The molecule has 1 N–H and O–H groups in total. The number of aryl methyl sites for hydroxylation is 1. The zero-order valence-electron chi connectivity index (χ0n) is 22.1. The molecular formula is C32H30N4O3. The summed E-state index contributed by atoms with van der Waals surface area (Å²) in [5.41, 5.74) is 7.10. The van der Waals surface area contributed by atoms with Crippen molar-refractivity contribution in [2.45, 2.75) is 26.2 Å². The van der Waals surface area contributed by atoms with E-state index in [-0.39, 0.29) is 11.7 Å². The average Bonchev–Trinajstić information content (AvgIpc) is 3.34. The summed E-state index contributed by atoms with van der Waals surface area (Å²) >= 11 is 0. The van der Waals surface area contributed by atoms with Crippen molar-refractivity contribution in [2.75, 3.05) is 13.7 Å². The number of fused-ring (bicyclic) bond motifs is 1. The van der Waals surface area contributed by atoms with Gasteiger partial charge in [0.1, 0.15) is 11.4 Å². The molecule has 0 spiro atoms. The fraction of sp³-hybridized carbons (Fsp3) is 0.188. The quantitative estimate of drug-likeness (QED) is 0.245. The number of Topliss-reactive ketones (excluding diaryl/α,β-unsaturated/α-hetero) is 1. The van der Waals surface area contributed by atoms with E-state index in [1.54, 1.807) is 20.2 Å². The lowest BCUT2D eigenvalue weighted by Gasteiger charge is -2.09. The molecule has 0 aliphatic rings. The van der Waals surface area contributed by atoms with Crippen LogP contribution in [0.25, 0.3) is 28.0 Å². The number of nitrogens with one attached hydrogen (secondary N) is 1. The molecule has 5 rings (SSSR count). The Hall–Kier alpha value is -4.78. The number of pyridine rings is 2. The second-order valence-corrected chi connectivity index (χ2v) is 9.34. The maximum atomic E-state index is 12.8. The highest BCUT2D eigenvalue weighted by Crippen LogP contribution is 2.30. The van der Waals surface area contributed by atoms with Crippen molar-refractivity contribution in [3.05, 3.63) is 108 Å². The summed E-state index contributed by atoms with van der Waals surface area (Å²) in [4.78, 5) is 33.7. The topological polar surface area (TPSA) is 85.6 Å². The van der Waals surface area contributed by atoms with E-state index in [2.05, 4.69) is 14.7 Å². The molecule has 3 heterocycles. The number of nitrogens with zero attached hydrogens (tertiary/aromatic N) is 3. The molecule has 2 aromatic carbocycles. The van der Waals surface area contributed by atoms with Crippen molar-refractivity contribution in [1.82, 2.24) is 19.7 Å². The van der Waals surface area contributed by atoms with Gasteiger partial charge in [0.25, 0.3) is 0 Å². The van der Waals surface area contributed by atoms with Crippen LogP contribution in [0.2, 0.25) is 0 Å². The van der Waals surface area contributed by atoms with Gasteiger partial charge in [0.15, 0.2) is 5.78 Å².